The Hall–Kier alpha value is -3.74. The number of hydrogen-bond acceptors (Lipinski definition) is 2. The van der Waals surface area contributed by atoms with Crippen molar-refractivity contribution < 1.29 is 23.1 Å². The fourth-order valence-electron chi connectivity index (χ4n) is 4.24. The fraction of sp³-hybridized carbons (Fsp3) is 0.192. The van der Waals surface area contributed by atoms with Crippen LogP contribution >= 0.6 is 0 Å². The number of carboxylic acid groups (broad SMARTS) is 1. The highest BCUT2D eigenvalue weighted by Crippen LogP contribution is 2.35. The van der Waals surface area contributed by atoms with Crippen molar-refractivity contribution in [3.63, 3.8) is 0 Å². The van der Waals surface area contributed by atoms with Crippen LogP contribution in [0.4, 0.5) is 19.0 Å². The van der Waals surface area contributed by atoms with Gasteiger partial charge in [0.2, 0.25) is 0 Å². The number of benzene rings is 3. The van der Waals surface area contributed by atoms with Crippen LogP contribution < -0.4 is 4.90 Å². The number of alkyl halides is 3. The third kappa shape index (κ3) is 4.87. The summed E-state index contributed by atoms with van der Waals surface area (Å²) in [7, 11) is 1.78. The summed E-state index contributed by atoms with van der Waals surface area (Å²) in [6, 6.07) is 22.6. The van der Waals surface area contributed by atoms with Gasteiger partial charge < -0.3 is 14.6 Å². The van der Waals surface area contributed by atoms with Gasteiger partial charge in [-0.1, -0.05) is 60.7 Å². The third-order valence-corrected chi connectivity index (χ3v) is 5.59. The van der Waals surface area contributed by atoms with E-state index in [0.29, 0.717) is 23.5 Å². The van der Waals surface area contributed by atoms with Gasteiger partial charge >= 0.3 is 12.1 Å². The van der Waals surface area contributed by atoms with Crippen molar-refractivity contribution in [2.75, 3.05) is 11.9 Å². The molecule has 0 bridgehead atoms. The Balaban J connectivity index is 1.82. The van der Waals surface area contributed by atoms with Crippen LogP contribution in [0.2, 0.25) is 0 Å². The zero-order chi connectivity index (χ0) is 23.6. The highest BCUT2D eigenvalue weighted by Gasteiger charge is 2.30. The van der Waals surface area contributed by atoms with E-state index < -0.39 is 17.7 Å². The monoisotopic (exact) mass is 452 g/mol. The lowest BCUT2D eigenvalue weighted by atomic mass is 10.1. The summed E-state index contributed by atoms with van der Waals surface area (Å²) in [5, 5.41) is 10.4. The molecule has 0 saturated carbocycles. The van der Waals surface area contributed by atoms with E-state index in [1.807, 2.05) is 64.1 Å². The number of carbonyl (C=O) groups is 1. The van der Waals surface area contributed by atoms with Crippen LogP contribution in [0.5, 0.6) is 0 Å². The van der Waals surface area contributed by atoms with Crippen LogP contribution in [0.25, 0.3) is 10.9 Å². The molecule has 4 rings (SSSR count). The molecule has 0 aliphatic heterocycles. The summed E-state index contributed by atoms with van der Waals surface area (Å²) >= 11 is 0. The van der Waals surface area contributed by atoms with Crippen molar-refractivity contribution in [2.24, 2.45) is 0 Å². The lowest BCUT2D eigenvalue weighted by Gasteiger charge is -2.24. The van der Waals surface area contributed by atoms with Gasteiger partial charge in [0.25, 0.3) is 0 Å². The minimum absolute atomic E-state index is 0.190. The van der Waals surface area contributed by atoms with Gasteiger partial charge in [0, 0.05) is 31.1 Å². The number of fused-ring (bicyclic) bond motifs is 1. The van der Waals surface area contributed by atoms with Crippen molar-refractivity contribution in [1.82, 2.24) is 4.57 Å². The van der Waals surface area contributed by atoms with Gasteiger partial charge in [-0.2, -0.15) is 13.2 Å². The molecule has 3 aromatic carbocycles. The summed E-state index contributed by atoms with van der Waals surface area (Å²) in [6.45, 7) is 0.699. The summed E-state index contributed by atoms with van der Waals surface area (Å²) in [6.07, 6.45) is -4.62. The number of anilines is 1. The molecule has 7 heteroatoms. The number of halogens is 3. The summed E-state index contributed by atoms with van der Waals surface area (Å²) < 4.78 is 41.6. The molecule has 4 aromatic rings. The first kappa shape index (κ1) is 22.5. The number of nitrogens with zero attached hydrogens (tertiary/aromatic N) is 2. The Labute approximate surface area is 189 Å². The smallest absolute Gasteiger partial charge is 0.416 e. The minimum atomic E-state index is -4.43. The highest BCUT2D eigenvalue weighted by molar-refractivity contribution is 5.93. The normalized spacial score (nSPS) is 11.6. The Kier molecular flexibility index (Phi) is 6.14. The van der Waals surface area contributed by atoms with Crippen molar-refractivity contribution in [3.05, 3.63) is 101 Å². The number of carboxylic acids is 1. The average Bonchev–Trinajstić information content (AvgIpc) is 3.07. The molecule has 1 heterocycles. The molecule has 0 amide bonds. The van der Waals surface area contributed by atoms with Crippen LogP contribution in [-0.2, 0) is 30.5 Å². The maximum atomic E-state index is 13.2. The van der Waals surface area contributed by atoms with E-state index in [1.54, 1.807) is 13.1 Å². The quantitative estimate of drug-likeness (QED) is 0.376. The van der Waals surface area contributed by atoms with Crippen LogP contribution in [0, 0.1) is 0 Å². The van der Waals surface area contributed by atoms with E-state index in [0.717, 1.165) is 28.6 Å². The lowest BCUT2D eigenvalue weighted by molar-refractivity contribution is -0.138. The third-order valence-electron chi connectivity index (χ3n) is 5.59. The molecule has 0 fully saturated rings. The van der Waals surface area contributed by atoms with E-state index >= 15 is 0 Å². The second kappa shape index (κ2) is 9.02. The molecule has 4 nitrogen and oxygen atoms in total. The Morgan fingerprint density at radius 1 is 0.939 bits per heavy atom. The van der Waals surface area contributed by atoms with E-state index in [2.05, 4.69) is 0 Å². The molecular formula is C26H23F3N2O2. The van der Waals surface area contributed by atoms with Crippen molar-refractivity contribution in [3.8, 4) is 0 Å². The van der Waals surface area contributed by atoms with Gasteiger partial charge in [-0.3, -0.25) is 4.79 Å². The summed E-state index contributed by atoms with van der Waals surface area (Å²) in [5.41, 5.74) is 2.34. The standard InChI is InChI=1S/C26H23F3N2O2/c1-30(16-19-10-7-11-20(14-19)26(27,28)29)25-22(15-24(32)33)21-12-5-6-13-23(21)31(25)17-18-8-3-2-4-9-18/h2-14H,15-17H2,1H3,(H,32,33). The molecule has 33 heavy (non-hydrogen) atoms. The molecule has 0 aliphatic carbocycles. The first-order valence-electron chi connectivity index (χ1n) is 10.5. The van der Waals surface area contributed by atoms with Crippen molar-refractivity contribution >= 4 is 22.7 Å². The van der Waals surface area contributed by atoms with Gasteiger partial charge in [0.05, 0.1) is 17.5 Å². The molecule has 170 valence electrons. The zero-order valence-corrected chi connectivity index (χ0v) is 18.0. The van der Waals surface area contributed by atoms with Crippen molar-refractivity contribution in [2.45, 2.75) is 25.7 Å². The minimum Gasteiger partial charge on any atom is -0.481 e. The lowest BCUT2D eigenvalue weighted by Crippen LogP contribution is -2.22. The van der Waals surface area contributed by atoms with Gasteiger partial charge in [-0.05, 0) is 29.3 Å². The number of para-hydroxylation sites is 1. The molecule has 0 radical (unpaired) electrons. The molecular weight excluding hydrogens is 429 g/mol. The Morgan fingerprint density at radius 2 is 1.61 bits per heavy atom. The fourth-order valence-corrected chi connectivity index (χ4v) is 4.24. The molecule has 1 aromatic heterocycles. The molecule has 0 aliphatic rings. The van der Waals surface area contributed by atoms with Crippen LogP contribution in [0.15, 0.2) is 78.9 Å². The number of hydrogen-bond donors (Lipinski definition) is 1. The predicted molar refractivity (Wildman–Crippen MR) is 122 cm³/mol. The SMILES string of the molecule is CN(Cc1cccc(C(F)(F)F)c1)c1c(CC(=O)O)c2ccccc2n1Cc1ccccc1. The molecule has 0 unspecified atom stereocenters. The van der Waals surface area contributed by atoms with Gasteiger partial charge in [0.15, 0.2) is 0 Å². The average molecular weight is 452 g/mol. The van der Waals surface area contributed by atoms with E-state index in [9.17, 15) is 23.1 Å². The van der Waals surface area contributed by atoms with Crippen molar-refractivity contribution in [1.29, 1.82) is 0 Å². The molecule has 0 spiro atoms. The summed E-state index contributed by atoms with van der Waals surface area (Å²) in [4.78, 5) is 13.5. The molecule has 0 saturated heterocycles. The number of aromatic nitrogens is 1. The highest BCUT2D eigenvalue weighted by atomic mass is 19.4. The van der Waals surface area contributed by atoms with E-state index in [-0.39, 0.29) is 13.0 Å². The second-order valence-corrected chi connectivity index (χ2v) is 8.02. The largest absolute Gasteiger partial charge is 0.481 e. The predicted octanol–water partition coefficient (Wildman–Crippen LogP) is 5.97. The topological polar surface area (TPSA) is 45.5 Å². The van der Waals surface area contributed by atoms with Gasteiger partial charge in [-0.25, -0.2) is 0 Å². The Bertz CT molecular complexity index is 1280. The first-order chi connectivity index (χ1) is 15.7. The number of aliphatic carboxylic acids is 1. The Morgan fingerprint density at radius 3 is 2.30 bits per heavy atom. The first-order valence-corrected chi connectivity index (χ1v) is 10.5. The maximum absolute atomic E-state index is 13.2. The van der Waals surface area contributed by atoms with Crippen LogP contribution in [-0.4, -0.2) is 22.7 Å². The second-order valence-electron chi connectivity index (χ2n) is 8.02. The van der Waals surface area contributed by atoms with Crippen LogP contribution in [0.1, 0.15) is 22.3 Å². The van der Waals surface area contributed by atoms with E-state index in [4.69, 9.17) is 0 Å². The number of rotatable bonds is 7. The summed E-state index contributed by atoms with van der Waals surface area (Å²) in [5.74, 6) is -0.286. The zero-order valence-electron chi connectivity index (χ0n) is 18.0. The molecule has 0 atom stereocenters. The van der Waals surface area contributed by atoms with Gasteiger partial charge in [-0.15, -0.1) is 0 Å². The maximum Gasteiger partial charge on any atom is 0.416 e. The van der Waals surface area contributed by atoms with Gasteiger partial charge in [0.1, 0.15) is 5.82 Å². The van der Waals surface area contributed by atoms with Crippen LogP contribution in [0.3, 0.4) is 0 Å². The molecule has 1 N–H and O–H groups in total. The van der Waals surface area contributed by atoms with E-state index in [1.165, 1.54) is 6.07 Å².